The number of halogens is 1. The van der Waals surface area contributed by atoms with Gasteiger partial charge in [-0.15, -0.1) is 0 Å². The van der Waals surface area contributed by atoms with Crippen molar-refractivity contribution in [3.8, 4) is 0 Å². The average molecular weight is 288 g/mol. The Morgan fingerprint density at radius 3 is 2.08 bits per heavy atom. The zero-order valence-electron chi connectivity index (χ0n) is 8.55. The van der Waals surface area contributed by atoms with Crippen LogP contribution >= 0.6 is 22.6 Å². The molecule has 0 aromatic heterocycles. The summed E-state index contributed by atoms with van der Waals surface area (Å²) in [4.78, 5) is 0. The van der Waals surface area contributed by atoms with Crippen LogP contribution in [0.2, 0.25) is 0 Å². The molecule has 1 aromatic rings. The fourth-order valence-corrected chi connectivity index (χ4v) is 2.16. The van der Waals surface area contributed by atoms with Crippen molar-refractivity contribution in [2.45, 2.75) is 33.1 Å². The molecule has 0 bridgehead atoms. The van der Waals surface area contributed by atoms with E-state index in [1.54, 1.807) is 0 Å². The van der Waals surface area contributed by atoms with Crippen LogP contribution in [0.1, 0.15) is 38.7 Å². The van der Waals surface area contributed by atoms with E-state index >= 15 is 0 Å². The second-order valence-electron chi connectivity index (χ2n) is 3.81. The molecule has 0 saturated carbocycles. The maximum atomic E-state index is 2.35. The van der Waals surface area contributed by atoms with Crippen LogP contribution in [0.3, 0.4) is 0 Å². The summed E-state index contributed by atoms with van der Waals surface area (Å²) < 4.78 is 1.32. The van der Waals surface area contributed by atoms with Crippen LogP contribution in [-0.4, -0.2) is 0 Å². The van der Waals surface area contributed by atoms with Gasteiger partial charge in [0.15, 0.2) is 0 Å². The van der Waals surface area contributed by atoms with Gasteiger partial charge in [-0.3, -0.25) is 0 Å². The number of hydrogen-bond donors (Lipinski definition) is 0. The first-order valence-corrected chi connectivity index (χ1v) is 5.98. The van der Waals surface area contributed by atoms with Crippen LogP contribution in [0.5, 0.6) is 0 Å². The van der Waals surface area contributed by atoms with Crippen LogP contribution in [0.4, 0.5) is 0 Å². The third-order valence-corrected chi connectivity index (χ3v) is 3.26. The minimum absolute atomic E-state index is 0.719. The van der Waals surface area contributed by atoms with Crippen molar-refractivity contribution < 1.29 is 0 Å². The van der Waals surface area contributed by atoms with Gasteiger partial charge in [-0.25, -0.2) is 0 Å². The van der Waals surface area contributed by atoms with Crippen LogP contribution in [0.25, 0.3) is 0 Å². The molecule has 0 aliphatic rings. The topological polar surface area (TPSA) is 0 Å². The third kappa shape index (κ3) is 2.97. The highest BCUT2D eigenvalue weighted by Crippen LogP contribution is 2.27. The van der Waals surface area contributed by atoms with Crippen LogP contribution in [0.15, 0.2) is 24.3 Å². The average Bonchev–Trinajstić information content (AvgIpc) is 2.09. The predicted molar refractivity (Wildman–Crippen MR) is 67.0 cm³/mol. The van der Waals surface area contributed by atoms with Crippen LogP contribution < -0.4 is 0 Å². The molecule has 0 fully saturated rings. The van der Waals surface area contributed by atoms with E-state index in [1.165, 1.54) is 15.6 Å². The Balaban J connectivity index is 2.86. The lowest BCUT2D eigenvalue weighted by Crippen LogP contribution is -2.05. The van der Waals surface area contributed by atoms with E-state index in [-0.39, 0.29) is 0 Å². The highest BCUT2D eigenvalue weighted by molar-refractivity contribution is 14.1. The summed E-state index contributed by atoms with van der Waals surface area (Å²) >= 11 is 2.35. The molecule has 1 heteroatoms. The van der Waals surface area contributed by atoms with Gasteiger partial charge in [-0.1, -0.05) is 32.9 Å². The van der Waals surface area contributed by atoms with Crippen LogP contribution in [0, 0.1) is 9.49 Å². The van der Waals surface area contributed by atoms with Crippen molar-refractivity contribution in [2.24, 2.45) is 5.92 Å². The standard InChI is InChI=1S/C12H17I/c1-4-12(9(2)3)10-5-7-11(13)8-6-10/h5-9,12H,4H2,1-3H3. The third-order valence-electron chi connectivity index (χ3n) is 2.54. The molecule has 1 atom stereocenters. The minimum Gasteiger partial charge on any atom is -0.0648 e. The van der Waals surface area contributed by atoms with Gasteiger partial charge in [0, 0.05) is 3.57 Å². The number of hydrogen-bond acceptors (Lipinski definition) is 0. The molecule has 0 saturated heterocycles. The maximum Gasteiger partial charge on any atom is 0.0130 e. The van der Waals surface area contributed by atoms with Gasteiger partial charge >= 0.3 is 0 Å². The Bertz CT molecular complexity index is 248. The van der Waals surface area contributed by atoms with E-state index < -0.39 is 0 Å². The summed E-state index contributed by atoms with van der Waals surface area (Å²) in [6, 6.07) is 8.91. The Kier molecular flexibility index (Phi) is 4.23. The molecule has 1 aromatic carbocycles. The van der Waals surface area contributed by atoms with E-state index in [2.05, 4.69) is 67.6 Å². The number of benzene rings is 1. The van der Waals surface area contributed by atoms with Crippen molar-refractivity contribution in [2.75, 3.05) is 0 Å². The predicted octanol–water partition coefficient (Wildman–Crippen LogP) is 4.44. The van der Waals surface area contributed by atoms with E-state index in [4.69, 9.17) is 0 Å². The molecule has 1 rings (SSSR count). The Morgan fingerprint density at radius 2 is 1.69 bits per heavy atom. The highest BCUT2D eigenvalue weighted by Gasteiger charge is 2.12. The summed E-state index contributed by atoms with van der Waals surface area (Å²) in [6.45, 7) is 6.86. The van der Waals surface area contributed by atoms with Gasteiger partial charge in [0.25, 0.3) is 0 Å². The lowest BCUT2D eigenvalue weighted by molar-refractivity contribution is 0.485. The molecule has 13 heavy (non-hydrogen) atoms. The number of rotatable bonds is 3. The van der Waals surface area contributed by atoms with Crippen molar-refractivity contribution in [1.29, 1.82) is 0 Å². The second kappa shape index (κ2) is 4.99. The van der Waals surface area contributed by atoms with E-state index in [1.807, 2.05) is 0 Å². The zero-order valence-corrected chi connectivity index (χ0v) is 10.7. The molecule has 0 heterocycles. The fourth-order valence-electron chi connectivity index (χ4n) is 1.80. The van der Waals surface area contributed by atoms with Gasteiger partial charge in [-0.2, -0.15) is 0 Å². The van der Waals surface area contributed by atoms with Gasteiger partial charge in [0.2, 0.25) is 0 Å². The molecule has 0 spiro atoms. The molecular weight excluding hydrogens is 271 g/mol. The Morgan fingerprint density at radius 1 is 1.15 bits per heavy atom. The van der Waals surface area contributed by atoms with E-state index in [0.29, 0.717) is 0 Å². The van der Waals surface area contributed by atoms with Gasteiger partial charge in [-0.05, 0) is 58.5 Å². The van der Waals surface area contributed by atoms with E-state index in [9.17, 15) is 0 Å². The molecule has 0 radical (unpaired) electrons. The molecule has 0 aliphatic heterocycles. The summed E-state index contributed by atoms with van der Waals surface area (Å²) in [5, 5.41) is 0. The molecule has 1 unspecified atom stereocenters. The largest absolute Gasteiger partial charge is 0.0648 e. The van der Waals surface area contributed by atoms with Gasteiger partial charge in [0.05, 0.1) is 0 Å². The molecular formula is C12H17I. The van der Waals surface area contributed by atoms with Crippen molar-refractivity contribution in [3.05, 3.63) is 33.4 Å². The molecule has 0 amide bonds. The Hall–Kier alpha value is -0.0500. The fraction of sp³-hybridized carbons (Fsp3) is 0.500. The first kappa shape index (κ1) is 11.0. The minimum atomic E-state index is 0.719. The smallest absolute Gasteiger partial charge is 0.0130 e. The van der Waals surface area contributed by atoms with Crippen molar-refractivity contribution in [1.82, 2.24) is 0 Å². The quantitative estimate of drug-likeness (QED) is 0.721. The summed E-state index contributed by atoms with van der Waals surface area (Å²) in [7, 11) is 0. The highest BCUT2D eigenvalue weighted by atomic mass is 127. The Labute approximate surface area is 94.9 Å². The summed E-state index contributed by atoms with van der Waals surface area (Å²) in [5.74, 6) is 1.46. The second-order valence-corrected chi connectivity index (χ2v) is 5.06. The van der Waals surface area contributed by atoms with Crippen LogP contribution in [-0.2, 0) is 0 Å². The molecule has 72 valence electrons. The molecule has 0 N–H and O–H groups in total. The first-order chi connectivity index (χ1) is 6.15. The van der Waals surface area contributed by atoms with E-state index in [0.717, 1.165) is 11.8 Å². The summed E-state index contributed by atoms with van der Waals surface area (Å²) in [6.07, 6.45) is 1.23. The zero-order chi connectivity index (χ0) is 9.84. The lowest BCUT2D eigenvalue weighted by atomic mass is 9.86. The lowest BCUT2D eigenvalue weighted by Gasteiger charge is -2.19. The monoisotopic (exact) mass is 288 g/mol. The maximum absolute atomic E-state index is 2.35. The van der Waals surface area contributed by atoms with Gasteiger partial charge in [0.1, 0.15) is 0 Å². The molecule has 0 nitrogen and oxygen atoms in total. The summed E-state index contributed by atoms with van der Waals surface area (Å²) in [5.41, 5.74) is 1.48. The normalized spacial score (nSPS) is 13.3. The van der Waals surface area contributed by atoms with Crippen molar-refractivity contribution in [3.63, 3.8) is 0 Å². The SMILES string of the molecule is CCC(c1ccc(I)cc1)C(C)C. The van der Waals surface area contributed by atoms with Crippen molar-refractivity contribution >= 4 is 22.6 Å². The van der Waals surface area contributed by atoms with Gasteiger partial charge < -0.3 is 0 Å². The first-order valence-electron chi connectivity index (χ1n) is 4.90. The molecule has 0 aliphatic carbocycles.